The van der Waals surface area contributed by atoms with E-state index in [4.69, 9.17) is 9.84 Å². The van der Waals surface area contributed by atoms with E-state index in [9.17, 15) is 18.0 Å². The lowest BCUT2D eigenvalue weighted by Crippen LogP contribution is -2.47. The fourth-order valence-corrected chi connectivity index (χ4v) is 3.21. The second-order valence-corrected chi connectivity index (χ2v) is 6.81. The molecule has 144 valence electrons. The lowest BCUT2D eigenvalue weighted by atomic mass is 9.89. The first kappa shape index (κ1) is 19.4. The maximum atomic E-state index is 12.7. The van der Waals surface area contributed by atoms with Crippen molar-refractivity contribution in [2.75, 3.05) is 13.2 Å². The zero-order chi connectivity index (χ0) is 19.5. The second-order valence-electron chi connectivity index (χ2n) is 6.81. The highest BCUT2D eigenvalue weighted by Crippen LogP contribution is 2.30. The van der Waals surface area contributed by atoms with E-state index in [0.717, 1.165) is 29.7 Å². The summed E-state index contributed by atoms with van der Waals surface area (Å²) < 4.78 is 43.7. The summed E-state index contributed by atoms with van der Waals surface area (Å²) in [5.41, 5.74) is 0.948. The molecular formula is C20H20F3NO3. The minimum Gasteiger partial charge on any atom is -0.478 e. The predicted octanol–water partition coefficient (Wildman–Crippen LogP) is 3.90. The van der Waals surface area contributed by atoms with Crippen LogP contribution in [0.1, 0.15) is 33.5 Å². The van der Waals surface area contributed by atoms with Crippen LogP contribution in [-0.4, -0.2) is 29.8 Å². The van der Waals surface area contributed by atoms with Gasteiger partial charge < -0.3 is 15.2 Å². The van der Waals surface area contributed by atoms with Gasteiger partial charge in [0, 0.05) is 18.7 Å². The molecule has 1 aliphatic rings. The molecule has 0 aliphatic carbocycles. The SMILES string of the molecule is O=C(O)c1ccc(CNC2(Cc3ccc(C(F)(F)F)cc3)CCOC2)cc1. The molecule has 0 saturated carbocycles. The van der Waals surface area contributed by atoms with Gasteiger partial charge in [-0.25, -0.2) is 4.79 Å². The predicted molar refractivity (Wildman–Crippen MR) is 93.6 cm³/mol. The smallest absolute Gasteiger partial charge is 0.416 e. The van der Waals surface area contributed by atoms with Crippen molar-refractivity contribution in [3.63, 3.8) is 0 Å². The average Bonchev–Trinajstić information content (AvgIpc) is 3.09. The van der Waals surface area contributed by atoms with Crippen molar-refractivity contribution < 1.29 is 27.8 Å². The number of benzene rings is 2. The van der Waals surface area contributed by atoms with E-state index >= 15 is 0 Å². The van der Waals surface area contributed by atoms with E-state index < -0.39 is 17.7 Å². The van der Waals surface area contributed by atoms with Crippen LogP contribution in [0.25, 0.3) is 0 Å². The number of hydrogen-bond acceptors (Lipinski definition) is 3. The molecule has 0 aromatic heterocycles. The molecule has 0 bridgehead atoms. The molecule has 1 aliphatic heterocycles. The molecule has 0 amide bonds. The van der Waals surface area contributed by atoms with E-state index in [1.807, 2.05) is 0 Å². The number of carbonyl (C=O) groups is 1. The molecule has 0 radical (unpaired) electrons. The number of halogens is 3. The highest BCUT2D eigenvalue weighted by Gasteiger charge is 2.35. The average molecular weight is 379 g/mol. The van der Waals surface area contributed by atoms with Crippen molar-refractivity contribution in [3.8, 4) is 0 Å². The molecule has 3 rings (SSSR count). The summed E-state index contributed by atoms with van der Waals surface area (Å²) in [5, 5.41) is 12.4. The van der Waals surface area contributed by atoms with Gasteiger partial charge in [-0.3, -0.25) is 0 Å². The summed E-state index contributed by atoms with van der Waals surface area (Å²) in [6.45, 7) is 1.58. The Labute approximate surface area is 155 Å². The van der Waals surface area contributed by atoms with Crippen LogP contribution in [0.3, 0.4) is 0 Å². The second kappa shape index (κ2) is 7.70. The number of carboxylic acids is 1. The molecule has 1 saturated heterocycles. The molecule has 1 heterocycles. The zero-order valence-corrected chi connectivity index (χ0v) is 14.6. The third-order valence-electron chi connectivity index (χ3n) is 4.80. The monoisotopic (exact) mass is 379 g/mol. The number of nitrogens with one attached hydrogen (secondary N) is 1. The Bertz CT molecular complexity index is 780. The first-order valence-electron chi connectivity index (χ1n) is 8.59. The third-order valence-corrected chi connectivity index (χ3v) is 4.80. The van der Waals surface area contributed by atoms with Gasteiger partial charge in [-0.15, -0.1) is 0 Å². The normalized spacial score (nSPS) is 20.0. The standard InChI is InChI=1S/C20H20F3NO3/c21-20(22,23)17-7-3-14(4-8-17)11-19(9-10-27-13-19)24-12-15-1-5-16(6-2-15)18(25)26/h1-8,24H,9-13H2,(H,25,26). The number of alkyl halides is 3. The molecular weight excluding hydrogens is 359 g/mol. The lowest BCUT2D eigenvalue weighted by molar-refractivity contribution is -0.137. The number of carboxylic acid groups (broad SMARTS) is 1. The molecule has 4 nitrogen and oxygen atoms in total. The van der Waals surface area contributed by atoms with Crippen molar-refractivity contribution in [2.45, 2.75) is 31.1 Å². The van der Waals surface area contributed by atoms with Gasteiger partial charge in [-0.2, -0.15) is 13.2 Å². The van der Waals surface area contributed by atoms with Crippen LogP contribution in [0.4, 0.5) is 13.2 Å². The molecule has 27 heavy (non-hydrogen) atoms. The van der Waals surface area contributed by atoms with E-state index in [-0.39, 0.29) is 11.1 Å². The summed E-state index contributed by atoms with van der Waals surface area (Å²) >= 11 is 0. The Morgan fingerprint density at radius 1 is 1.07 bits per heavy atom. The maximum absolute atomic E-state index is 12.7. The van der Waals surface area contributed by atoms with Gasteiger partial charge in [0.2, 0.25) is 0 Å². The minimum atomic E-state index is -4.34. The van der Waals surface area contributed by atoms with Gasteiger partial charge >= 0.3 is 12.1 Å². The summed E-state index contributed by atoms with van der Waals surface area (Å²) in [6, 6.07) is 11.8. The highest BCUT2D eigenvalue weighted by molar-refractivity contribution is 5.87. The van der Waals surface area contributed by atoms with Crippen molar-refractivity contribution in [3.05, 3.63) is 70.8 Å². The van der Waals surface area contributed by atoms with Crippen molar-refractivity contribution in [2.24, 2.45) is 0 Å². The van der Waals surface area contributed by atoms with Gasteiger partial charge in [0.25, 0.3) is 0 Å². The van der Waals surface area contributed by atoms with Crippen LogP contribution in [0, 0.1) is 0 Å². The van der Waals surface area contributed by atoms with E-state index in [0.29, 0.717) is 26.2 Å². The maximum Gasteiger partial charge on any atom is 0.416 e. The van der Waals surface area contributed by atoms with Crippen molar-refractivity contribution in [1.82, 2.24) is 5.32 Å². The van der Waals surface area contributed by atoms with E-state index in [1.165, 1.54) is 12.1 Å². The Balaban J connectivity index is 1.67. The first-order valence-corrected chi connectivity index (χ1v) is 8.59. The number of hydrogen-bond donors (Lipinski definition) is 2. The summed E-state index contributed by atoms with van der Waals surface area (Å²) in [5.74, 6) is -0.975. The summed E-state index contributed by atoms with van der Waals surface area (Å²) in [7, 11) is 0. The molecule has 1 unspecified atom stereocenters. The molecule has 7 heteroatoms. The summed E-state index contributed by atoms with van der Waals surface area (Å²) in [6.07, 6.45) is -3.04. The topological polar surface area (TPSA) is 58.6 Å². The van der Waals surface area contributed by atoms with Gasteiger partial charge in [0.1, 0.15) is 0 Å². The number of rotatable bonds is 6. The van der Waals surface area contributed by atoms with Crippen LogP contribution < -0.4 is 5.32 Å². The Morgan fingerprint density at radius 2 is 1.70 bits per heavy atom. The third kappa shape index (κ3) is 4.87. The zero-order valence-electron chi connectivity index (χ0n) is 14.6. The first-order chi connectivity index (χ1) is 12.8. The van der Waals surface area contributed by atoms with Gasteiger partial charge in [-0.05, 0) is 48.2 Å². The number of ether oxygens (including phenoxy) is 1. The van der Waals surface area contributed by atoms with Gasteiger partial charge in [-0.1, -0.05) is 24.3 Å². The molecule has 2 N–H and O–H groups in total. The van der Waals surface area contributed by atoms with Crippen molar-refractivity contribution >= 4 is 5.97 Å². The lowest BCUT2D eigenvalue weighted by Gasteiger charge is -2.29. The molecule has 1 atom stereocenters. The number of aromatic carboxylic acids is 1. The highest BCUT2D eigenvalue weighted by atomic mass is 19.4. The van der Waals surface area contributed by atoms with E-state index in [2.05, 4.69) is 5.32 Å². The van der Waals surface area contributed by atoms with Gasteiger partial charge in [0.05, 0.1) is 17.7 Å². The fourth-order valence-electron chi connectivity index (χ4n) is 3.21. The Hall–Kier alpha value is -2.38. The molecule has 0 spiro atoms. The van der Waals surface area contributed by atoms with Crippen LogP contribution in [0.5, 0.6) is 0 Å². The summed E-state index contributed by atoms with van der Waals surface area (Å²) in [4.78, 5) is 10.9. The Morgan fingerprint density at radius 3 is 2.22 bits per heavy atom. The van der Waals surface area contributed by atoms with E-state index in [1.54, 1.807) is 24.3 Å². The molecule has 1 fully saturated rings. The van der Waals surface area contributed by atoms with Crippen LogP contribution >= 0.6 is 0 Å². The Kier molecular flexibility index (Phi) is 5.53. The van der Waals surface area contributed by atoms with Crippen LogP contribution in [0.15, 0.2) is 48.5 Å². The molecule has 2 aromatic rings. The van der Waals surface area contributed by atoms with Crippen LogP contribution in [0.2, 0.25) is 0 Å². The van der Waals surface area contributed by atoms with Crippen LogP contribution in [-0.2, 0) is 23.9 Å². The molecule has 2 aromatic carbocycles. The fraction of sp³-hybridized carbons (Fsp3) is 0.350. The minimum absolute atomic E-state index is 0.224. The van der Waals surface area contributed by atoms with Crippen molar-refractivity contribution in [1.29, 1.82) is 0 Å². The largest absolute Gasteiger partial charge is 0.478 e. The quantitative estimate of drug-likeness (QED) is 0.799. The van der Waals surface area contributed by atoms with Gasteiger partial charge in [0.15, 0.2) is 0 Å².